The minimum atomic E-state index is -3.52. The fraction of sp³-hybridized carbons (Fsp3) is 0.333. The lowest BCUT2D eigenvalue weighted by molar-refractivity contribution is 0.0682. The van der Waals surface area contributed by atoms with Crippen LogP contribution in [0.3, 0.4) is 0 Å². The van der Waals surface area contributed by atoms with Crippen molar-refractivity contribution in [3.63, 3.8) is 0 Å². The fourth-order valence-corrected chi connectivity index (χ4v) is 4.25. The third kappa shape index (κ3) is 4.02. The van der Waals surface area contributed by atoms with E-state index in [1.165, 1.54) is 18.2 Å². The maximum atomic E-state index is 13.5. The first-order chi connectivity index (χ1) is 14.6. The summed E-state index contributed by atoms with van der Waals surface area (Å²) in [4.78, 5) is 25.2. The van der Waals surface area contributed by atoms with Gasteiger partial charge >= 0.3 is 5.97 Å². The van der Waals surface area contributed by atoms with Gasteiger partial charge in [-0.3, -0.25) is 9.48 Å². The standard InChI is InChI=1S/C21H21N3O6S/c1-11-8-12(2)24(22-11)10-14-9-15(31(3,28)29)6-7-16(14)19(25)17-18(21(26)27)23-30-20(17)13-4-5-13/h6-9,13H,4-5,10H2,1-3H3,(H,26,27). The van der Waals surface area contributed by atoms with Crippen LogP contribution in [-0.4, -0.2) is 46.5 Å². The number of carboxylic acid groups (broad SMARTS) is 1. The summed E-state index contributed by atoms with van der Waals surface area (Å²) in [5, 5.41) is 17.5. The second-order valence-electron chi connectivity index (χ2n) is 7.85. The van der Waals surface area contributed by atoms with Crippen molar-refractivity contribution in [2.45, 2.75) is 44.0 Å². The number of carboxylic acids is 1. The van der Waals surface area contributed by atoms with Crippen LogP contribution in [0, 0.1) is 13.8 Å². The van der Waals surface area contributed by atoms with Gasteiger partial charge in [0.2, 0.25) is 5.69 Å². The molecule has 1 aliphatic rings. The van der Waals surface area contributed by atoms with E-state index < -0.39 is 27.3 Å². The van der Waals surface area contributed by atoms with E-state index >= 15 is 0 Å². The Labute approximate surface area is 178 Å². The van der Waals surface area contributed by atoms with Gasteiger partial charge in [-0.25, -0.2) is 13.2 Å². The van der Waals surface area contributed by atoms with Gasteiger partial charge in [0, 0.05) is 23.4 Å². The van der Waals surface area contributed by atoms with Crippen molar-refractivity contribution in [3.05, 3.63) is 63.8 Å². The first-order valence-electron chi connectivity index (χ1n) is 9.68. The largest absolute Gasteiger partial charge is 0.476 e. The van der Waals surface area contributed by atoms with Gasteiger partial charge in [0.05, 0.1) is 17.1 Å². The summed E-state index contributed by atoms with van der Waals surface area (Å²) in [5.74, 6) is -1.68. The van der Waals surface area contributed by atoms with Crippen molar-refractivity contribution in [2.24, 2.45) is 0 Å². The second-order valence-corrected chi connectivity index (χ2v) is 9.87. The molecule has 0 aliphatic heterocycles. The average molecular weight is 443 g/mol. The monoisotopic (exact) mass is 443 g/mol. The van der Waals surface area contributed by atoms with Gasteiger partial charge in [-0.2, -0.15) is 5.10 Å². The molecule has 1 saturated carbocycles. The Hall–Kier alpha value is -3.27. The van der Waals surface area contributed by atoms with Crippen LogP contribution >= 0.6 is 0 Å². The van der Waals surface area contributed by atoms with Gasteiger partial charge in [-0.1, -0.05) is 5.16 Å². The minimum absolute atomic E-state index is 0.0331. The number of aromatic nitrogens is 3. The van der Waals surface area contributed by atoms with Gasteiger partial charge in [0.15, 0.2) is 21.4 Å². The summed E-state index contributed by atoms with van der Waals surface area (Å²) < 4.78 is 31.1. The molecule has 9 nitrogen and oxygen atoms in total. The molecular formula is C21H21N3O6S. The molecule has 0 amide bonds. The molecule has 162 valence electrons. The Morgan fingerprint density at radius 1 is 1.23 bits per heavy atom. The van der Waals surface area contributed by atoms with Gasteiger partial charge in [-0.15, -0.1) is 0 Å². The van der Waals surface area contributed by atoms with Crippen LogP contribution in [0.2, 0.25) is 0 Å². The highest BCUT2D eigenvalue weighted by Gasteiger charge is 2.37. The highest BCUT2D eigenvalue weighted by molar-refractivity contribution is 7.90. The Kier molecular flexibility index (Phi) is 5.04. The van der Waals surface area contributed by atoms with Crippen LogP contribution in [0.1, 0.15) is 67.9 Å². The van der Waals surface area contributed by atoms with Crippen LogP contribution in [0.4, 0.5) is 0 Å². The first-order valence-corrected chi connectivity index (χ1v) is 11.6. The zero-order valence-electron chi connectivity index (χ0n) is 17.2. The summed E-state index contributed by atoms with van der Waals surface area (Å²) in [7, 11) is -3.52. The molecular weight excluding hydrogens is 422 g/mol. The number of rotatable bonds is 7. The number of aryl methyl sites for hydroxylation is 2. The van der Waals surface area contributed by atoms with Crippen LogP contribution in [0.25, 0.3) is 0 Å². The van der Waals surface area contributed by atoms with E-state index in [4.69, 9.17) is 4.52 Å². The molecule has 31 heavy (non-hydrogen) atoms. The number of ketones is 1. The smallest absolute Gasteiger partial charge is 0.358 e. The zero-order valence-corrected chi connectivity index (χ0v) is 18.1. The molecule has 0 atom stereocenters. The third-order valence-electron chi connectivity index (χ3n) is 5.27. The molecule has 4 rings (SSSR count). The highest BCUT2D eigenvalue weighted by Crippen LogP contribution is 2.43. The second kappa shape index (κ2) is 7.45. The fourth-order valence-electron chi connectivity index (χ4n) is 3.58. The van der Waals surface area contributed by atoms with Gasteiger partial charge < -0.3 is 9.63 Å². The zero-order chi connectivity index (χ0) is 22.5. The van der Waals surface area contributed by atoms with Gasteiger partial charge in [0.25, 0.3) is 0 Å². The Morgan fingerprint density at radius 3 is 2.48 bits per heavy atom. The molecule has 0 saturated heterocycles. The minimum Gasteiger partial charge on any atom is -0.476 e. The molecule has 1 aliphatic carbocycles. The molecule has 0 unspecified atom stereocenters. The van der Waals surface area contributed by atoms with Crippen LogP contribution in [0.15, 0.2) is 33.7 Å². The number of carbonyl (C=O) groups is 2. The third-order valence-corrected chi connectivity index (χ3v) is 6.38. The molecule has 3 aromatic rings. The molecule has 1 fully saturated rings. The van der Waals surface area contributed by atoms with Crippen molar-refractivity contribution < 1.29 is 27.6 Å². The van der Waals surface area contributed by atoms with Crippen molar-refractivity contribution in [1.29, 1.82) is 0 Å². The molecule has 2 heterocycles. The molecule has 0 bridgehead atoms. The maximum absolute atomic E-state index is 13.5. The molecule has 10 heteroatoms. The van der Waals surface area contributed by atoms with Gasteiger partial charge in [0.1, 0.15) is 5.56 Å². The lowest BCUT2D eigenvalue weighted by Crippen LogP contribution is -2.15. The topological polar surface area (TPSA) is 132 Å². The summed E-state index contributed by atoms with van der Waals surface area (Å²) in [5.41, 5.74) is 1.72. The molecule has 0 radical (unpaired) electrons. The van der Waals surface area contributed by atoms with E-state index in [9.17, 15) is 23.1 Å². The first kappa shape index (κ1) is 21.0. The van der Waals surface area contributed by atoms with E-state index in [1.54, 1.807) is 4.68 Å². The number of carbonyl (C=O) groups excluding carboxylic acids is 1. The SMILES string of the molecule is Cc1cc(C)n(Cc2cc(S(C)(=O)=O)ccc2C(=O)c2c(C(=O)O)noc2C2CC2)n1. The normalized spacial score (nSPS) is 14.0. The number of hydrogen-bond donors (Lipinski definition) is 1. The lowest BCUT2D eigenvalue weighted by atomic mass is 9.95. The van der Waals surface area contributed by atoms with E-state index in [0.717, 1.165) is 30.5 Å². The number of sulfone groups is 1. The van der Waals surface area contributed by atoms with Crippen molar-refractivity contribution in [1.82, 2.24) is 14.9 Å². The van der Waals surface area contributed by atoms with Crippen molar-refractivity contribution in [2.75, 3.05) is 6.26 Å². The van der Waals surface area contributed by atoms with Crippen molar-refractivity contribution in [3.8, 4) is 0 Å². The molecule has 1 N–H and O–H groups in total. The number of hydrogen-bond acceptors (Lipinski definition) is 7. The molecule has 2 aromatic heterocycles. The van der Waals surface area contributed by atoms with Crippen molar-refractivity contribution >= 4 is 21.6 Å². The quantitative estimate of drug-likeness (QED) is 0.551. The molecule has 0 spiro atoms. The predicted octanol–water partition coefficient (Wildman–Crippen LogP) is 2.75. The van der Waals surface area contributed by atoms with E-state index in [-0.39, 0.29) is 34.2 Å². The number of nitrogens with zero attached hydrogens (tertiary/aromatic N) is 3. The Balaban J connectivity index is 1.86. The molecule has 1 aromatic carbocycles. The number of benzene rings is 1. The average Bonchev–Trinajstić information content (AvgIpc) is 3.34. The Bertz CT molecular complexity index is 1310. The predicted molar refractivity (Wildman–Crippen MR) is 109 cm³/mol. The van der Waals surface area contributed by atoms with Gasteiger partial charge in [-0.05, 0) is 56.5 Å². The highest BCUT2D eigenvalue weighted by atomic mass is 32.2. The van der Waals surface area contributed by atoms with E-state index in [2.05, 4.69) is 10.3 Å². The Morgan fingerprint density at radius 2 is 1.94 bits per heavy atom. The van der Waals surface area contributed by atoms with E-state index in [1.807, 2.05) is 19.9 Å². The maximum Gasteiger partial charge on any atom is 0.358 e. The number of aromatic carboxylic acids is 1. The summed E-state index contributed by atoms with van der Waals surface area (Å²) in [6.45, 7) is 3.84. The summed E-state index contributed by atoms with van der Waals surface area (Å²) in [6.07, 6.45) is 2.67. The summed E-state index contributed by atoms with van der Waals surface area (Å²) >= 11 is 0. The lowest BCUT2D eigenvalue weighted by Gasteiger charge is -2.12. The summed E-state index contributed by atoms with van der Waals surface area (Å²) in [6, 6.07) is 6.06. The van der Waals surface area contributed by atoms with Crippen LogP contribution in [0.5, 0.6) is 0 Å². The van der Waals surface area contributed by atoms with Crippen LogP contribution < -0.4 is 0 Å². The van der Waals surface area contributed by atoms with E-state index in [0.29, 0.717) is 5.56 Å². The van der Waals surface area contributed by atoms with Crippen LogP contribution in [-0.2, 0) is 16.4 Å².